The zero-order valence-corrected chi connectivity index (χ0v) is 14.3. The van der Waals surface area contributed by atoms with Crippen molar-refractivity contribution in [2.24, 2.45) is 4.99 Å². The van der Waals surface area contributed by atoms with E-state index in [1.54, 1.807) is 12.1 Å². The van der Waals surface area contributed by atoms with E-state index in [1.807, 2.05) is 0 Å². The van der Waals surface area contributed by atoms with E-state index in [1.165, 1.54) is 25.1 Å². The molecular weight excluding hydrogens is 291 g/mol. The summed E-state index contributed by atoms with van der Waals surface area (Å²) >= 11 is 0. The van der Waals surface area contributed by atoms with Crippen molar-refractivity contribution in [2.75, 3.05) is 26.2 Å². The van der Waals surface area contributed by atoms with Gasteiger partial charge in [-0.1, -0.05) is 19.1 Å². The SMILES string of the molecule is CCCN1CCC(NC(=NCc2ccc(F)cc2)NCC)CC1. The van der Waals surface area contributed by atoms with E-state index in [9.17, 15) is 4.39 Å². The maximum absolute atomic E-state index is 12.9. The molecule has 1 aliphatic rings. The summed E-state index contributed by atoms with van der Waals surface area (Å²) in [6.45, 7) is 9.21. The van der Waals surface area contributed by atoms with Crippen molar-refractivity contribution in [2.45, 2.75) is 45.7 Å². The minimum atomic E-state index is -0.207. The van der Waals surface area contributed by atoms with Crippen LogP contribution >= 0.6 is 0 Å². The summed E-state index contributed by atoms with van der Waals surface area (Å²) in [6.07, 6.45) is 3.53. The van der Waals surface area contributed by atoms with Crippen molar-refractivity contribution in [3.8, 4) is 0 Å². The summed E-state index contributed by atoms with van der Waals surface area (Å²) in [5.74, 6) is 0.646. The Morgan fingerprint density at radius 2 is 1.91 bits per heavy atom. The molecule has 0 aromatic heterocycles. The van der Waals surface area contributed by atoms with E-state index < -0.39 is 0 Å². The van der Waals surface area contributed by atoms with Gasteiger partial charge in [0.25, 0.3) is 0 Å². The molecule has 0 saturated carbocycles. The maximum Gasteiger partial charge on any atom is 0.191 e. The number of likely N-dealkylation sites (tertiary alicyclic amines) is 1. The average Bonchev–Trinajstić information content (AvgIpc) is 2.56. The van der Waals surface area contributed by atoms with Crippen LogP contribution in [0, 0.1) is 5.82 Å². The fourth-order valence-corrected chi connectivity index (χ4v) is 2.89. The van der Waals surface area contributed by atoms with Crippen LogP contribution < -0.4 is 10.6 Å². The predicted molar refractivity (Wildman–Crippen MR) is 94.1 cm³/mol. The lowest BCUT2D eigenvalue weighted by Gasteiger charge is -2.32. The van der Waals surface area contributed by atoms with E-state index in [0.717, 1.165) is 44.0 Å². The molecule has 1 aliphatic heterocycles. The second kappa shape index (κ2) is 9.50. The number of rotatable bonds is 6. The average molecular weight is 320 g/mol. The summed E-state index contributed by atoms with van der Waals surface area (Å²) in [5.41, 5.74) is 1.02. The van der Waals surface area contributed by atoms with Crippen LogP contribution in [0.15, 0.2) is 29.3 Å². The zero-order chi connectivity index (χ0) is 16.5. The number of nitrogens with one attached hydrogen (secondary N) is 2. The number of guanidine groups is 1. The molecule has 0 aliphatic carbocycles. The third kappa shape index (κ3) is 6.18. The third-order valence-corrected chi connectivity index (χ3v) is 4.15. The Morgan fingerprint density at radius 1 is 1.22 bits per heavy atom. The molecule has 0 atom stereocenters. The first kappa shape index (κ1) is 17.7. The molecule has 5 heteroatoms. The first-order chi connectivity index (χ1) is 11.2. The van der Waals surface area contributed by atoms with Gasteiger partial charge >= 0.3 is 0 Å². The highest BCUT2D eigenvalue weighted by atomic mass is 19.1. The highest BCUT2D eigenvalue weighted by Gasteiger charge is 2.19. The van der Waals surface area contributed by atoms with Crippen molar-refractivity contribution in [1.29, 1.82) is 0 Å². The van der Waals surface area contributed by atoms with Crippen molar-refractivity contribution < 1.29 is 4.39 Å². The Balaban J connectivity index is 1.85. The second-order valence-corrected chi connectivity index (χ2v) is 6.08. The van der Waals surface area contributed by atoms with Gasteiger partial charge in [-0.2, -0.15) is 0 Å². The highest BCUT2D eigenvalue weighted by molar-refractivity contribution is 5.80. The molecule has 2 rings (SSSR count). The summed E-state index contributed by atoms with van der Waals surface area (Å²) in [7, 11) is 0. The molecular formula is C18H29FN4. The van der Waals surface area contributed by atoms with Gasteiger partial charge in [0, 0.05) is 25.7 Å². The molecule has 4 nitrogen and oxygen atoms in total. The lowest BCUT2D eigenvalue weighted by molar-refractivity contribution is 0.206. The number of benzene rings is 1. The van der Waals surface area contributed by atoms with Crippen LogP contribution in [0.1, 0.15) is 38.7 Å². The molecule has 0 amide bonds. The van der Waals surface area contributed by atoms with Crippen LogP contribution in [0.4, 0.5) is 4.39 Å². The Bertz CT molecular complexity index is 478. The van der Waals surface area contributed by atoms with Crippen LogP contribution in [-0.4, -0.2) is 43.1 Å². The number of aliphatic imine (C=N–C) groups is 1. The minimum Gasteiger partial charge on any atom is -0.357 e. The molecule has 0 spiro atoms. The first-order valence-corrected chi connectivity index (χ1v) is 8.73. The van der Waals surface area contributed by atoms with Crippen molar-refractivity contribution >= 4 is 5.96 Å². The molecule has 128 valence electrons. The monoisotopic (exact) mass is 320 g/mol. The largest absolute Gasteiger partial charge is 0.357 e. The molecule has 1 aromatic carbocycles. The maximum atomic E-state index is 12.9. The van der Waals surface area contributed by atoms with Crippen LogP contribution in [0.3, 0.4) is 0 Å². The number of hydrogen-bond donors (Lipinski definition) is 2. The molecule has 1 saturated heterocycles. The van der Waals surface area contributed by atoms with E-state index in [4.69, 9.17) is 0 Å². The van der Waals surface area contributed by atoms with Gasteiger partial charge in [-0.05, 0) is 50.4 Å². The van der Waals surface area contributed by atoms with Crippen LogP contribution in [0.2, 0.25) is 0 Å². The topological polar surface area (TPSA) is 39.7 Å². The molecule has 1 fully saturated rings. The van der Waals surface area contributed by atoms with Gasteiger partial charge in [0.2, 0.25) is 0 Å². The minimum absolute atomic E-state index is 0.207. The molecule has 0 unspecified atom stereocenters. The molecule has 1 heterocycles. The lowest BCUT2D eigenvalue weighted by Crippen LogP contribution is -2.48. The predicted octanol–water partition coefficient (Wildman–Crippen LogP) is 2.76. The molecule has 0 radical (unpaired) electrons. The zero-order valence-electron chi connectivity index (χ0n) is 14.3. The van der Waals surface area contributed by atoms with Gasteiger partial charge in [-0.3, -0.25) is 0 Å². The Hall–Kier alpha value is -1.62. The van der Waals surface area contributed by atoms with Gasteiger partial charge < -0.3 is 15.5 Å². The van der Waals surface area contributed by atoms with Crippen molar-refractivity contribution in [1.82, 2.24) is 15.5 Å². The second-order valence-electron chi connectivity index (χ2n) is 6.08. The summed E-state index contributed by atoms with van der Waals surface area (Å²) in [4.78, 5) is 7.15. The lowest BCUT2D eigenvalue weighted by atomic mass is 10.1. The fraction of sp³-hybridized carbons (Fsp3) is 0.611. The van der Waals surface area contributed by atoms with E-state index >= 15 is 0 Å². The molecule has 23 heavy (non-hydrogen) atoms. The highest BCUT2D eigenvalue weighted by Crippen LogP contribution is 2.10. The van der Waals surface area contributed by atoms with Crippen molar-refractivity contribution in [3.63, 3.8) is 0 Å². The standard InChI is InChI=1S/C18H29FN4/c1-3-11-23-12-9-17(10-13-23)22-18(20-4-2)21-14-15-5-7-16(19)8-6-15/h5-8,17H,3-4,9-14H2,1-2H3,(H2,20,21,22). The number of halogens is 1. The summed E-state index contributed by atoms with van der Waals surface area (Å²) in [5, 5.41) is 6.84. The third-order valence-electron chi connectivity index (χ3n) is 4.15. The van der Waals surface area contributed by atoms with E-state index in [0.29, 0.717) is 12.6 Å². The van der Waals surface area contributed by atoms with Gasteiger partial charge in [-0.15, -0.1) is 0 Å². The van der Waals surface area contributed by atoms with Gasteiger partial charge in [0.15, 0.2) is 5.96 Å². The Kier molecular flexibility index (Phi) is 7.33. The van der Waals surface area contributed by atoms with Gasteiger partial charge in [0.1, 0.15) is 5.82 Å². The van der Waals surface area contributed by atoms with E-state index in [-0.39, 0.29) is 5.82 Å². The van der Waals surface area contributed by atoms with Crippen molar-refractivity contribution in [3.05, 3.63) is 35.6 Å². The molecule has 1 aromatic rings. The summed E-state index contributed by atoms with van der Waals surface area (Å²) < 4.78 is 12.9. The number of nitrogens with zero attached hydrogens (tertiary/aromatic N) is 2. The van der Waals surface area contributed by atoms with Crippen LogP contribution in [-0.2, 0) is 6.54 Å². The number of hydrogen-bond acceptors (Lipinski definition) is 2. The molecule has 0 bridgehead atoms. The van der Waals surface area contributed by atoms with Crippen LogP contribution in [0.5, 0.6) is 0 Å². The quantitative estimate of drug-likeness (QED) is 0.625. The Morgan fingerprint density at radius 3 is 2.52 bits per heavy atom. The normalized spacial score (nSPS) is 17.3. The fourth-order valence-electron chi connectivity index (χ4n) is 2.89. The van der Waals surface area contributed by atoms with Gasteiger partial charge in [-0.25, -0.2) is 9.38 Å². The number of piperidine rings is 1. The van der Waals surface area contributed by atoms with Gasteiger partial charge in [0.05, 0.1) is 6.54 Å². The van der Waals surface area contributed by atoms with Crippen LogP contribution in [0.25, 0.3) is 0 Å². The van der Waals surface area contributed by atoms with E-state index in [2.05, 4.69) is 34.4 Å². The smallest absolute Gasteiger partial charge is 0.191 e. The first-order valence-electron chi connectivity index (χ1n) is 8.73. The Labute approximate surface area is 139 Å². The molecule has 2 N–H and O–H groups in total. The summed E-state index contributed by atoms with van der Waals surface area (Å²) in [6, 6.07) is 7.01.